The van der Waals surface area contributed by atoms with Crippen molar-refractivity contribution in [2.45, 2.75) is 81.1 Å². The predicted octanol–water partition coefficient (Wildman–Crippen LogP) is 1.22. The molecule has 4 heterocycles. The van der Waals surface area contributed by atoms with Gasteiger partial charge in [0.05, 0.1) is 19.8 Å². The summed E-state index contributed by atoms with van der Waals surface area (Å²) < 4.78 is 29.6. The Balaban J connectivity index is 1.16. The zero-order chi connectivity index (χ0) is 23.9. The second-order valence-electron chi connectivity index (χ2n) is 10.8. The number of unbranched alkanes of at least 4 members (excludes halogenated alkanes) is 1. The maximum atomic E-state index is 12.2. The van der Waals surface area contributed by atoms with Crippen LogP contribution in [0.25, 0.3) is 0 Å². The highest BCUT2D eigenvalue weighted by Crippen LogP contribution is 2.76. The van der Waals surface area contributed by atoms with Crippen LogP contribution in [0.3, 0.4) is 0 Å². The minimum Gasteiger partial charge on any atom is -0.458 e. The van der Waals surface area contributed by atoms with Gasteiger partial charge in [0.25, 0.3) is 0 Å². The molecule has 0 aromatic heterocycles. The molecule has 1 saturated carbocycles. The number of esters is 1. The highest BCUT2D eigenvalue weighted by molar-refractivity contribution is 5.92. The van der Waals surface area contributed by atoms with Crippen molar-refractivity contribution in [3.63, 3.8) is 0 Å². The number of amides is 1. The standard InChI is InChI=1S/C25H31NO8/c1-4-10-26-21(29)30-11-6-5-8-24-17(33-24)18-25(34-18)22(2)9-7-14-15(12-31-19(14)27)16(22)13-32-23(25,3)20(24)28/h1,16-18,20,28H,5-13H2,2-3H3,(H,26,29)/t16?,17-,18-,20-,22-,23+,24-,25+/m0/s1. The lowest BCUT2D eigenvalue weighted by Gasteiger charge is -2.59. The molecule has 0 aromatic carbocycles. The van der Waals surface area contributed by atoms with Crippen molar-refractivity contribution in [1.82, 2.24) is 5.32 Å². The Kier molecular flexibility index (Phi) is 4.73. The highest BCUT2D eigenvalue weighted by Gasteiger charge is 2.93. The fraction of sp³-hybridized carbons (Fsp3) is 0.760. The zero-order valence-corrected chi connectivity index (χ0v) is 19.6. The molecule has 4 aliphatic heterocycles. The first kappa shape index (κ1) is 22.4. The number of aliphatic hydroxyl groups is 1. The Morgan fingerprint density at radius 3 is 2.91 bits per heavy atom. The summed E-state index contributed by atoms with van der Waals surface area (Å²) in [5.74, 6) is 2.14. The number of hydrogen-bond acceptors (Lipinski definition) is 8. The molecule has 34 heavy (non-hydrogen) atoms. The zero-order valence-electron chi connectivity index (χ0n) is 19.6. The van der Waals surface area contributed by atoms with Crippen LogP contribution in [0.2, 0.25) is 0 Å². The molecule has 1 unspecified atom stereocenters. The number of hydrogen-bond donors (Lipinski definition) is 2. The molecule has 8 atom stereocenters. The molecular weight excluding hydrogens is 442 g/mol. The molecule has 0 aromatic rings. The van der Waals surface area contributed by atoms with E-state index in [1.165, 1.54) is 0 Å². The summed E-state index contributed by atoms with van der Waals surface area (Å²) in [7, 11) is 0. The molecule has 9 heteroatoms. The van der Waals surface area contributed by atoms with Crippen molar-refractivity contribution in [2.24, 2.45) is 11.3 Å². The number of terminal acetylenes is 1. The highest BCUT2D eigenvalue weighted by atomic mass is 16.7. The van der Waals surface area contributed by atoms with E-state index in [2.05, 4.69) is 18.2 Å². The molecule has 2 N–H and O–H groups in total. The fourth-order valence-electron chi connectivity index (χ4n) is 7.59. The van der Waals surface area contributed by atoms with Crippen molar-refractivity contribution >= 4 is 12.1 Å². The number of carbonyl (C=O) groups is 2. The van der Waals surface area contributed by atoms with Gasteiger partial charge in [0.15, 0.2) is 0 Å². The van der Waals surface area contributed by atoms with Crippen molar-refractivity contribution in [1.29, 1.82) is 0 Å². The van der Waals surface area contributed by atoms with Crippen LogP contribution in [0.5, 0.6) is 0 Å². The van der Waals surface area contributed by atoms with E-state index in [9.17, 15) is 14.7 Å². The SMILES string of the molecule is C#CCNC(=O)OCCCC[C@]12O[C@H]1[C@@H]1O[C@@]13[C@@]1(C)CCC4=C(COC4=O)C1CO[C@]3(C)[C@@H]2O. The molecule has 6 aliphatic rings. The Labute approximate surface area is 198 Å². The van der Waals surface area contributed by atoms with E-state index < -0.39 is 29.0 Å². The molecule has 1 spiro atoms. The summed E-state index contributed by atoms with van der Waals surface area (Å²) in [4.78, 5) is 23.7. The normalized spacial score (nSPS) is 47.2. The fourth-order valence-corrected chi connectivity index (χ4v) is 7.59. The average molecular weight is 474 g/mol. The van der Waals surface area contributed by atoms with Gasteiger partial charge >= 0.3 is 12.1 Å². The number of fused-ring (bicyclic) bond motifs is 4. The summed E-state index contributed by atoms with van der Waals surface area (Å²) in [6, 6.07) is 0. The third-order valence-electron chi connectivity index (χ3n) is 9.43. The summed E-state index contributed by atoms with van der Waals surface area (Å²) in [5.41, 5.74) is -0.723. The maximum absolute atomic E-state index is 12.2. The number of aliphatic hydroxyl groups excluding tert-OH is 1. The average Bonchev–Trinajstić information content (AvgIpc) is 3.70. The Morgan fingerprint density at radius 1 is 1.29 bits per heavy atom. The number of rotatable bonds is 6. The first-order chi connectivity index (χ1) is 16.2. The van der Waals surface area contributed by atoms with E-state index in [1.807, 2.05) is 6.92 Å². The molecule has 4 fully saturated rings. The van der Waals surface area contributed by atoms with Crippen molar-refractivity contribution in [3.8, 4) is 12.3 Å². The lowest BCUT2D eigenvalue weighted by molar-refractivity contribution is -0.251. The summed E-state index contributed by atoms with van der Waals surface area (Å²) in [6.07, 6.45) is 6.83. The van der Waals surface area contributed by atoms with Crippen LogP contribution < -0.4 is 5.32 Å². The van der Waals surface area contributed by atoms with Crippen molar-refractivity contribution in [3.05, 3.63) is 11.1 Å². The van der Waals surface area contributed by atoms with Gasteiger partial charge in [0.2, 0.25) is 0 Å². The van der Waals surface area contributed by atoms with Crippen LogP contribution in [0.4, 0.5) is 4.79 Å². The van der Waals surface area contributed by atoms with E-state index in [0.717, 1.165) is 24.0 Å². The molecular formula is C25H31NO8. The van der Waals surface area contributed by atoms with Crippen LogP contribution in [0.15, 0.2) is 11.1 Å². The number of epoxide rings is 2. The van der Waals surface area contributed by atoms with Gasteiger partial charge in [0.1, 0.15) is 41.7 Å². The van der Waals surface area contributed by atoms with E-state index in [0.29, 0.717) is 32.5 Å². The van der Waals surface area contributed by atoms with Crippen LogP contribution >= 0.6 is 0 Å². The van der Waals surface area contributed by atoms with E-state index in [4.69, 9.17) is 30.1 Å². The summed E-state index contributed by atoms with van der Waals surface area (Å²) in [5, 5.41) is 14.1. The molecule has 9 nitrogen and oxygen atoms in total. The third-order valence-corrected chi connectivity index (χ3v) is 9.43. The monoisotopic (exact) mass is 473 g/mol. The lowest BCUT2D eigenvalue weighted by Crippen LogP contribution is -2.73. The van der Waals surface area contributed by atoms with Gasteiger partial charge in [-0.25, -0.2) is 9.59 Å². The quantitative estimate of drug-likeness (QED) is 0.256. The molecule has 2 aliphatic carbocycles. The van der Waals surface area contributed by atoms with Crippen molar-refractivity contribution in [2.75, 3.05) is 26.4 Å². The van der Waals surface area contributed by atoms with Crippen LogP contribution in [-0.4, -0.2) is 78.6 Å². The topological polar surface area (TPSA) is 119 Å². The largest absolute Gasteiger partial charge is 0.458 e. The first-order valence-corrected chi connectivity index (χ1v) is 12.2. The molecule has 1 amide bonds. The smallest absolute Gasteiger partial charge is 0.407 e. The van der Waals surface area contributed by atoms with Gasteiger partial charge in [-0.05, 0) is 44.6 Å². The van der Waals surface area contributed by atoms with E-state index >= 15 is 0 Å². The lowest BCUT2D eigenvalue weighted by atomic mass is 9.49. The van der Waals surface area contributed by atoms with Crippen LogP contribution in [0.1, 0.15) is 46.0 Å². The number of cyclic esters (lactones) is 1. The number of carbonyl (C=O) groups excluding carboxylic acids is 2. The third kappa shape index (κ3) is 2.60. The molecule has 184 valence electrons. The van der Waals surface area contributed by atoms with Crippen molar-refractivity contribution < 1.29 is 38.4 Å². The van der Waals surface area contributed by atoms with E-state index in [-0.39, 0.29) is 42.7 Å². The maximum Gasteiger partial charge on any atom is 0.407 e. The van der Waals surface area contributed by atoms with Crippen LogP contribution in [0, 0.1) is 23.7 Å². The first-order valence-electron chi connectivity index (χ1n) is 12.2. The van der Waals surface area contributed by atoms with Crippen LogP contribution in [-0.2, 0) is 28.5 Å². The molecule has 3 saturated heterocycles. The molecule has 6 rings (SSSR count). The minimum absolute atomic E-state index is 0.0250. The summed E-state index contributed by atoms with van der Waals surface area (Å²) in [6.45, 7) is 5.31. The second kappa shape index (κ2) is 7.20. The van der Waals surface area contributed by atoms with E-state index in [1.54, 1.807) is 0 Å². The minimum atomic E-state index is -0.914. The summed E-state index contributed by atoms with van der Waals surface area (Å²) >= 11 is 0. The number of ether oxygens (including phenoxy) is 5. The predicted molar refractivity (Wildman–Crippen MR) is 116 cm³/mol. The van der Waals surface area contributed by atoms with Gasteiger partial charge in [-0.2, -0.15) is 0 Å². The van der Waals surface area contributed by atoms with Gasteiger partial charge in [0, 0.05) is 16.9 Å². The Bertz CT molecular complexity index is 1020. The van der Waals surface area contributed by atoms with Gasteiger partial charge in [-0.15, -0.1) is 6.42 Å². The number of nitrogens with one attached hydrogen (secondary N) is 1. The molecule has 0 radical (unpaired) electrons. The second-order valence-corrected chi connectivity index (χ2v) is 10.8. The Hall–Kier alpha value is -2.12. The van der Waals surface area contributed by atoms with Gasteiger partial charge in [-0.1, -0.05) is 12.8 Å². The Morgan fingerprint density at radius 2 is 2.12 bits per heavy atom. The van der Waals surface area contributed by atoms with Gasteiger partial charge in [-0.3, -0.25) is 0 Å². The van der Waals surface area contributed by atoms with Gasteiger partial charge < -0.3 is 34.1 Å². The number of alkyl carbamates (subject to hydrolysis) is 1. The molecule has 0 bridgehead atoms.